The molecule has 0 aliphatic carbocycles. The molecule has 1 aromatic heterocycles. The van der Waals surface area contributed by atoms with E-state index in [1.165, 1.54) is 11.1 Å². The fourth-order valence-electron chi connectivity index (χ4n) is 4.18. The summed E-state index contributed by atoms with van der Waals surface area (Å²) in [6.07, 6.45) is 0. The molecular formula is C30H29BO3. The summed E-state index contributed by atoms with van der Waals surface area (Å²) in [5.74, 6) is 0. The monoisotopic (exact) mass is 448 g/mol. The van der Waals surface area contributed by atoms with Crippen LogP contribution in [-0.2, 0) is 4.65 Å². The van der Waals surface area contributed by atoms with Crippen LogP contribution in [0.4, 0.5) is 0 Å². The Balaban J connectivity index is 1.64. The molecule has 0 aliphatic heterocycles. The number of aliphatic hydroxyl groups is 1. The first-order valence-corrected chi connectivity index (χ1v) is 11.7. The van der Waals surface area contributed by atoms with Gasteiger partial charge in [-0.15, -0.1) is 0 Å². The lowest BCUT2D eigenvalue weighted by Crippen LogP contribution is -2.49. The molecule has 0 amide bonds. The average molecular weight is 448 g/mol. The van der Waals surface area contributed by atoms with Crippen molar-refractivity contribution in [3.05, 3.63) is 91.0 Å². The predicted molar refractivity (Wildman–Crippen MR) is 143 cm³/mol. The number of para-hydroxylation sites is 1. The Morgan fingerprint density at radius 2 is 1.41 bits per heavy atom. The lowest BCUT2D eigenvalue weighted by Gasteiger charge is -2.37. The number of furan rings is 1. The summed E-state index contributed by atoms with van der Waals surface area (Å²) in [6, 6.07) is 31.3. The summed E-state index contributed by atoms with van der Waals surface area (Å²) < 4.78 is 12.7. The van der Waals surface area contributed by atoms with Crippen LogP contribution in [-0.4, -0.2) is 23.8 Å². The van der Waals surface area contributed by atoms with Gasteiger partial charge in [0, 0.05) is 16.3 Å². The second-order valence-corrected chi connectivity index (χ2v) is 9.88. The molecule has 5 aromatic rings. The van der Waals surface area contributed by atoms with E-state index in [1.807, 2.05) is 38.1 Å². The van der Waals surface area contributed by atoms with Crippen molar-refractivity contribution in [3.8, 4) is 22.3 Å². The molecule has 0 spiro atoms. The normalized spacial score (nSPS) is 12.4. The van der Waals surface area contributed by atoms with Crippen LogP contribution in [0.1, 0.15) is 27.7 Å². The maximum atomic E-state index is 10.5. The van der Waals surface area contributed by atoms with Gasteiger partial charge in [-0.1, -0.05) is 78.9 Å². The number of benzene rings is 4. The molecule has 3 nitrogen and oxygen atoms in total. The predicted octanol–water partition coefficient (Wildman–Crippen LogP) is 6.46. The van der Waals surface area contributed by atoms with Gasteiger partial charge in [0.2, 0.25) is 0 Å². The number of rotatable bonds is 6. The molecule has 0 atom stereocenters. The zero-order valence-corrected chi connectivity index (χ0v) is 20.1. The van der Waals surface area contributed by atoms with E-state index >= 15 is 0 Å². The average Bonchev–Trinajstić information content (AvgIpc) is 3.22. The van der Waals surface area contributed by atoms with Crippen LogP contribution in [0.15, 0.2) is 95.4 Å². The molecule has 34 heavy (non-hydrogen) atoms. The Morgan fingerprint density at radius 3 is 2.18 bits per heavy atom. The topological polar surface area (TPSA) is 42.6 Å². The Labute approximate surface area is 201 Å². The van der Waals surface area contributed by atoms with Crippen LogP contribution < -0.4 is 5.46 Å². The SMILES string of the molecule is CC(C)(O)C(C)(C)OBc1ccc(-c2cccc(-c3ccccc3)c2)c2oc3ccccc3c12. The van der Waals surface area contributed by atoms with Crippen LogP contribution in [0.3, 0.4) is 0 Å². The number of hydrogen-bond donors (Lipinski definition) is 1. The molecule has 0 saturated heterocycles. The van der Waals surface area contributed by atoms with Gasteiger partial charge < -0.3 is 14.2 Å². The minimum atomic E-state index is -0.970. The molecule has 170 valence electrons. The lowest BCUT2D eigenvalue weighted by molar-refractivity contribution is -0.0893. The molecular weight excluding hydrogens is 419 g/mol. The maximum Gasteiger partial charge on any atom is 0.310 e. The maximum absolute atomic E-state index is 10.5. The molecule has 0 unspecified atom stereocenters. The summed E-state index contributed by atoms with van der Waals surface area (Å²) in [5, 5.41) is 12.7. The van der Waals surface area contributed by atoms with Gasteiger partial charge >= 0.3 is 7.48 Å². The van der Waals surface area contributed by atoms with Gasteiger partial charge in [-0.05, 0) is 62.0 Å². The van der Waals surface area contributed by atoms with E-state index < -0.39 is 11.2 Å². The molecule has 5 rings (SSSR count). The van der Waals surface area contributed by atoms with Crippen LogP contribution >= 0.6 is 0 Å². The Kier molecular flexibility index (Phi) is 5.59. The highest BCUT2D eigenvalue weighted by atomic mass is 16.5. The van der Waals surface area contributed by atoms with E-state index in [-0.39, 0.29) is 0 Å². The van der Waals surface area contributed by atoms with Gasteiger partial charge in [-0.3, -0.25) is 0 Å². The molecule has 4 aromatic carbocycles. The van der Waals surface area contributed by atoms with E-state index in [2.05, 4.69) is 66.7 Å². The first-order valence-electron chi connectivity index (χ1n) is 11.7. The Bertz CT molecular complexity index is 1460. The minimum absolute atomic E-state index is 0.376. The van der Waals surface area contributed by atoms with Crippen LogP contribution in [0, 0.1) is 0 Å². The molecule has 4 heteroatoms. The molecule has 0 fully saturated rings. The van der Waals surface area contributed by atoms with Gasteiger partial charge in [0.1, 0.15) is 11.2 Å². The van der Waals surface area contributed by atoms with Crippen molar-refractivity contribution >= 4 is 34.9 Å². The molecule has 0 saturated carbocycles. The van der Waals surface area contributed by atoms with Gasteiger partial charge in [-0.2, -0.15) is 0 Å². The Hall–Kier alpha value is -3.34. The van der Waals surface area contributed by atoms with Crippen LogP contribution in [0.2, 0.25) is 0 Å². The molecule has 0 bridgehead atoms. The van der Waals surface area contributed by atoms with Crippen molar-refractivity contribution in [2.75, 3.05) is 0 Å². The fraction of sp³-hybridized carbons (Fsp3) is 0.200. The van der Waals surface area contributed by atoms with Gasteiger partial charge in [0.05, 0.1) is 11.2 Å². The third-order valence-electron chi connectivity index (χ3n) is 6.95. The summed E-state index contributed by atoms with van der Waals surface area (Å²) in [6.45, 7) is 7.39. The Morgan fingerprint density at radius 1 is 0.735 bits per heavy atom. The van der Waals surface area contributed by atoms with Crippen molar-refractivity contribution in [1.82, 2.24) is 0 Å². The summed E-state index contributed by atoms with van der Waals surface area (Å²) in [7, 11) is 0.376. The fourth-order valence-corrected chi connectivity index (χ4v) is 4.18. The summed E-state index contributed by atoms with van der Waals surface area (Å²) >= 11 is 0. The van der Waals surface area contributed by atoms with Gasteiger partial charge in [0.25, 0.3) is 0 Å². The highest BCUT2D eigenvalue weighted by molar-refractivity contribution is 6.53. The van der Waals surface area contributed by atoms with E-state index in [0.29, 0.717) is 7.48 Å². The highest BCUT2D eigenvalue weighted by Gasteiger charge is 2.36. The largest absolute Gasteiger partial charge is 0.455 e. The lowest BCUT2D eigenvalue weighted by atomic mass is 9.79. The van der Waals surface area contributed by atoms with Crippen molar-refractivity contribution in [3.63, 3.8) is 0 Å². The quantitative estimate of drug-likeness (QED) is 0.303. The molecule has 1 heterocycles. The molecule has 0 aliphatic rings. The zero-order chi connectivity index (χ0) is 23.9. The second-order valence-electron chi connectivity index (χ2n) is 9.88. The third kappa shape index (κ3) is 4.04. The zero-order valence-electron chi connectivity index (χ0n) is 20.1. The van der Waals surface area contributed by atoms with Gasteiger partial charge in [-0.25, -0.2) is 0 Å². The van der Waals surface area contributed by atoms with Crippen molar-refractivity contribution in [2.45, 2.75) is 38.9 Å². The van der Waals surface area contributed by atoms with Crippen molar-refractivity contribution < 1.29 is 14.2 Å². The molecule has 1 N–H and O–H groups in total. The standard InChI is InChI=1S/C30H29BO3/c1-29(2,32)30(3,4)34-31-25-18-17-23(28-27(25)24-15-8-9-16-26(24)33-28)22-14-10-13-21(19-22)20-11-6-5-7-12-20/h5-19,31-32H,1-4H3. The molecule has 0 radical (unpaired) electrons. The minimum Gasteiger partial charge on any atom is -0.455 e. The number of hydrogen-bond acceptors (Lipinski definition) is 3. The second kappa shape index (κ2) is 8.46. The van der Waals surface area contributed by atoms with Crippen molar-refractivity contribution in [1.29, 1.82) is 0 Å². The van der Waals surface area contributed by atoms with Crippen LogP contribution in [0.5, 0.6) is 0 Å². The van der Waals surface area contributed by atoms with Gasteiger partial charge in [0.15, 0.2) is 0 Å². The first-order chi connectivity index (χ1) is 16.2. The number of fused-ring (bicyclic) bond motifs is 3. The van der Waals surface area contributed by atoms with E-state index in [4.69, 9.17) is 9.07 Å². The van der Waals surface area contributed by atoms with E-state index in [9.17, 15) is 5.11 Å². The first kappa shape index (κ1) is 22.5. The van der Waals surface area contributed by atoms with E-state index in [1.54, 1.807) is 13.8 Å². The van der Waals surface area contributed by atoms with E-state index in [0.717, 1.165) is 38.5 Å². The smallest absolute Gasteiger partial charge is 0.310 e. The summed E-state index contributed by atoms with van der Waals surface area (Å²) in [5.41, 5.74) is 5.58. The third-order valence-corrected chi connectivity index (χ3v) is 6.95. The summed E-state index contributed by atoms with van der Waals surface area (Å²) in [4.78, 5) is 0. The van der Waals surface area contributed by atoms with Crippen molar-refractivity contribution in [2.24, 2.45) is 0 Å². The highest BCUT2D eigenvalue weighted by Crippen LogP contribution is 2.36. The van der Waals surface area contributed by atoms with Crippen LogP contribution in [0.25, 0.3) is 44.2 Å².